The maximum absolute atomic E-state index is 9.65. The third kappa shape index (κ3) is 2.87. The molecule has 1 unspecified atom stereocenters. The molecule has 0 fully saturated rings. The number of phenolic OH excluding ortho intramolecular Hbond substituents is 1. The zero-order valence-corrected chi connectivity index (χ0v) is 13.1. The first-order valence-electron chi connectivity index (χ1n) is 8.27. The van der Waals surface area contributed by atoms with Gasteiger partial charge >= 0.3 is 0 Å². The minimum Gasteiger partial charge on any atom is -0.508 e. The number of aromatic hydroxyl groups is 1. The predicted molar refractivity (Wildman–Crippen MR) is 96.6 cm³/mol. The van der Waals surface area contributed by atoms with Gasteiger partial charge in [0.15, 0.2) is 0 Å². The van der Waals surface area contributed by atoms with Crippen molar-refractivity contribution in [2.24, 2.45) is 0 Å². The highest BCUT2D eigenvalue weighted by Gasteiger charge is 2.17. The van der Waals surface area contributed by atoms with Gasteiger partial charge in [-0.1, -0.05) is 60.7 Å². The molecule has 0 saturated carbocycles. The summed E-state index contributed by atoms with van der Waals surface area (Å²) in [7, 11) is 0. The van der Waals surface area contributed by atoms with Crippen molar-refractivity contribution < 1.29 is 5.11 Å². The molecule has 0 spiro atoms. The van der Waals surface area contributed by atoms with Crippen molar-refractivity contribution in [2.75, 3.05) is 0 Å². The maximum atomic E-state index is 9.65. The van der Waals surface area contributed by atoms with E-state index in [9.17, 15) is 5.11 Å². The van der Waals surface area contributed by atoms with Crippen LogP contribution in [0.5, 0.6) is 5.75 Å². The topological polar surface area (TPSA) is 20.2 Å². The molecule has 114 valence electrons. The van der Waals surface area contributed by atoms with Crippen LogP contribution in [0.15, 0.2) is 72.8 Å². The second-order valence-corrected chi connectivity index (χ2v) is 6.36. The van der Waals surface area contributed by atoms with Crippen molar-refractivity contribution in [3.63, 3.8) is 0 Å². The van der Waals surface area contributed by atoms with Crippen molar-refractivity contribution >= 4 is 16.3 Å². The molecule has 0 heterocycles. The molecule has 1 nitrogen and oxygen atoms in total. The van der Waals surface area contributed by atoms with Gasteiger partial charge in [-0.25, -0.2) is 0 Å². The molecule has 1 N–H and O–H groups in total. The summed E-state index contributed by atoms with van der Waals surface area (Å²) >= 11 is 0. The molecule has 0 aromatic heterocycles. The van der Waals surface area contributed by atoms with Crippen molar-refractivity contribution in [2.45, 2.75) is 25.2 Å². The van der Waals surface area contributed by atoms with Gasteiger partial charge < -0.3 is 5.11 Å². The Kier molecular flexibility index (Phi) is 3.63. The molecule has 0 aliphatic heterocycles. The van der Waals surface area contributed by atoms with Crippen LogP contribution in [0, 0.1) is 0 Å². The zero-order chi connectivity index (χ0) is 15.6. The summed E-state index contributed by atoms with van der Waals surface area (Å²) in [4.78, 5) is 0. The van der Waals surface area contributed by atoms with Gasteiger partial charge in [-0.15, -0.1) is 0 Å². The second-order valence-electron chi connectivity index (χ2n) is 6.36. The number of benzene rings is 3. The van der Waals surface area contributed by atoms with Crippen LogP contribution in [0.25, 0.3) is 16.3 Å². The molecule has 0 radical (unpaired) electrons. The van der Waals surface area contributed by atoms with Crippen LogP contribution in [0.1, 0.15) is 36.3 Å². The quantitative estimate of drug-likeness (QED) is 0.625. The highest BCUT2D eigenvalue weighted by Crippen LogP contribution is 2.37. The van der Waals surface area contributed by atoms with Crippen molar-refractivity contribution in [1.29, 1.82) is 0 Å². The van der Waals surface area contributed by atoms with E-state index in [1.807, 2.05) is 12.1 Å². The van der Waals surface area contributed by atoms with Gasteiger partial charge in [-0.05, 0) is 64.8 Å². The van der Waals surface area contributed by atoms with Crippen LogP contribution < -0.4 is 0 Å². The minimum absolute atomic E-state index is 0.347. The summed E-state index contributed by atoms with van der Waals surface area (Å²) in [5.74, 6) is 0.945. The van der Waals surface area contributed by atoms with E-state index in [1.54, 1.807) is 6.07 Å². The lowest BCUT2D eigenvalue weighted by molar-refractivity contribution is 0.475. The summed E-state index contributed by atoms with van der Waals surface area (Å²) in [6.07, 6.45) is 5.65. The van der Waals surface area contributed by atoms with Gasteiger partial charge in [0.05, 0.1) is 0 Å². The van der Waals surface area contributed by atoms with E-state index < -0.39 is 0 Å². The van der Waals surface area contributed by atoms with Gasteiger partial charge in [0.1, 0.15) is 5.75 Å². The molecule has 4 rings (SSSR count). The molecule has 1 heteroatoms. The van der Waals surface area contributed by atoms with Gasteiger partial charge in [-0.3, -0.25) is 0 Å². The molecular weight excluding hydrogens is 280 g/mol. The molecule has 0 saturated heterocycles. The smallest absolute Gasteiger partial charge is 0.116 e. The van der Waals surface area contributed by atoms with E-state index in [1.165, 1.54) is 28.3 Å². The molecular formula is C22H20O. The molecule has 1 aliphatic rings. The first-order chi connectivity index (χ1) is 11.3. The van der Waals surface area contributed by atoms with E-state index >= 15 is 0 Å². The summed E-state index contributed by atoms with van der Waals surface area (Å²) in [6, 6.07) is 23.0. The molecule has 1 aliphatic carbocycles. The van der Waals surface area contributed by atoms with E-state index in [0.717, 1.165) is 18.4 Å². The van der Waals surface area contributed by atoms with Crippen molar-refractivity contribution in [3.8, 4) is 5.75 Å². The maximum Gasteiger partial charge on any atom is 0.116 e. The SMILES string of the molecule is Oc1cccc(C2=CCC(c3ccc4ccccc4c3)CC2)c1. The van der Waals surface area contributed by atoms with Crippen LogP contribution in [0.4, 0.5) is 0 Å². The average Bonchev–Trinajstić information content (AvgIpc) is 2.61. The van der Waals surface area contributed by atoms with Gasteiger partial charge in [-0.2, -0.15) is 0 Å². The Hall–Kier alpha value is -2.54. The minimum atomic E-state index is 0.347. The first-order valence-corrected chi connectivity index (χ1v) is 8.27. The average molecular weight is 300 g/mol. The highest BCUT2D eigenvalue weighted by atomic mass is 16.3. The second kappa shape index (κ2) is 5.92. The summed E-state index contributed by atoms with van der Waals surface area (Å²) in [6.45, 7) is 0. The van der Waals surface area contributed by atoms with Crippen molar-refractivity contribution in [3.05, 3.63) is 83.9 Å². The zero-order valence-electron chi connectivity index (χ0n) is 13.1. The largest absolute Gasteiger partial charge is 0.508 e. The predicted octanol–water partition coefficient (Wildman–Crippen LogP) is 5.90. The molecule has 3 aromatic carbocycles. The Morgan fingerprint density at radius 1 is 0.826 bits per heavy atom. The molecule has 3 aromatic rings. The Labute approximate surface area is 136 Å². The Bertz CT molecular complexity index is 876. The lowest BCUT2D eigenvalue weighted by Crippen LogP contribution is -2.04. The fourth-order valence-electron chi connectivity index (χ4n) is 3.57. The van der Waals surface area contributed by atoms with Gasteiger partial charge in [0.25, 0.3) is 0 Å². The van der Waals surface area contributed by atoms with Crippen LogP contribution in [-0.4, -0.2) is 5.11 Å². The molecule has 0 bridgehead atoms. The van der Waals surface area contributed by atoms with E-state index in [2.05, 4.69) is 54.6 Å². The third-order valence-corrected chi connectivity index (χ3v) is 4.87. The number of allylic oxidation sites excluding steroid dienone is 2. The number of phenols is 1. The molecule has 0 amide bonds. The fourth-order valence-corrected chi connectivity index (χ4v) is 3.57. The Morgan fingerprint density at radius 3 is 2.48 bits per heavy atom. The van der Waals surface area contributed by atoms with Crippen LogP contribution in [0.2, 0.25) is 0 Å². The lowest BCUT2D eigenvalue weighted by atomic mass is 9.82. The summed E-state index contributed by atoms with van der Waals surface area (Å²) in [5.41, 5.74) is 3.95. The molecule has 1 atom stereocenters. The molecule has 23 heavy (non-hydrogen) atoms. The number of rotatable bonds is 2. The van der Waals surface area contributed by atoms with Crippen LogP contribution >= 0.6 is 0 Å². The number of hydrogen-bond donors (Lipinski definition) is 1. The summed E-state index contributed by atoms with van der Waals surface area (Å²) in [5, 5.41) is 12.3. The van der Waals surface area contributed by atoms with E-state index in [-0.39, 0.29) is 0 Å². The van der Waals surface area contributed by atoms with Gasteiger partial charge in [0.2, 0.25) is 0 Å². The lowest BCUT2D eigenvalue weighted by Gasteiger charge is -2.23. The van der Waals surface area contributed by atoms with Crippen LogP contribution in [0.3, 0.4) is 0 Å². The summed E-state index contributed by atoms with van der Waals surface area (Å²) < 4.78 is 0. The third-order valence-electron chi connectivity index (χ3n) is 4.87. The first kappa shape index (κ1) is 14.1. The number of hydrogen-bond acceptors (Lipinski definition) is 1. The van der Waals surface area contributed by atoms with E-state index in [4.69, 9.17) is 0 Å². The Morgan fingerprint density at radius 2 is 1.70 bits per heavy atom. The van der Waals surface area contributed by atoms with Gasteiger partial charge in [0, 0.05) is 0 Å². The fraction of sp³-hybridized carbons (Fsp3) is 0.182. The normalized spacial score (nSPS) is 17.9. The van der Waals surface area contributed by atoms with E-state index in [0.29, 0.717) is 11.7 Å². The van der Waals surface area contributed by atoms with Crippen molar-refractivity contribution in [1.82, 2.24) is 0 Å². The standard InChI is InChI=1S/C22H20O/c23-22-7-3-6-20(15-22)17-8-10-18(11-9-17)21-13-12-16-4-1-2-5-19(16)14-21/h1-8,12-15,18,23H,9-11H2. The monoisotopic (exact) mass is 300 g/mol. The Balaban J connectivity index is 1.58. The highest BCUT2D eigenvalue weighted by molar-refractivity contribution is 5.83. The van der Waals surface area contributed by atoms with Crippen LogP contribution in [-0.2, 0) is 0 Å². The number of fused-ring (bicyclic) bond motifs is 1.